The van der Waals surface area contributed by atoms with Crippen LogP contribution < -0.4 is 4.74 Å². The molecule has 0 heterocycles. The third-order valence-electron chi connectivity index (χ3n) is 7.18. The Hall–Kier alpha value is -0.513. The molecule has 160 valence electrons. The van der Waals surface area contributed by atoms with E-state index in [1.807, 2.05) is 18.2 Å². The molecule has 0 spiro atoms. The topological polar surface area (TPSA) is 18.5 Å². The van der Waals surface area contributed by atoms with Crippen LogP contribution in [0.2, 0.25) is 23.2 Å². The molecule has 1 fully saturated rings. The Kier molecular flexibility index (Phi) is 8.91. The normalized spacial score (nSPS) is 18.8. The number of ether oxygens (including phenoxy) is 1. The maximum Gasteiger partial charge on any atom is 0.192 e. The van der Waals surface area contributed by atoms with Gasteiger partial charge in [-0.1, -0.05) is 52.3 Å². The van der Waals surface area contributed by atoms with Crippen LogP contribution in [0.1, 0.15) is 84.8 Å². The Balaban J connectivity index is 2.22. The molecule has 0 saturated heterocycles. The van der Waals surface area contributed by atoms with Gasteiger partial charge in [-0.15, -0.1) is 0 Å². The second-order valence-corrected chi connectivity index (χ2v) is 14.5. The lowest BCUT2D eigenvalue weighted by molar-refractivity contribution is 0.140. The first kappa shape index (κ1) is 23.8. The Morgan fingerprint density at radius 3 is 2.25 bits per heavy atom. The van der Waals surface area contributed by atoms with Gasteiger partial charge in [-0.25, -0.2) is 0 Å². The van der Waals surface area contributed by atoms with Gasteiger partial charge < -0.3 is 9.16 Å². The zero-order valence-electron chi connectivity index (χ0n) is 18.9. The van der Waals surface area contributed by atoms with Crippen LogP contribution in [-0.2, 0) is 4.43 Å². The van der Waals surface area contributed by atoms with E-state index in [-0.39, 0.29) is 6.10 Å². The highest BCUT2D eigenvalue weighted by molar-refractivity contribution is 6.73. The maximum absolute atomic E-state index is 7.00. The summed E-state index contributed by atoms with van der Waals surface area (Å²) in [6.07, 6.45) is 7.68. The molecule has 4 heteroatoms. The average molecular weight is 425 g/mol. The second-order valence-electron chi connectivity index (χ2n) is 9.39. The molecule has 1 atom stereocenters. The molecule has 1 aromatic rings. The van der Waals surface area contributed by atoms with Crippen molar-refractivity contribution < 1.29 is 9.16 Å². The Bertz CT molecular complexity index is 594. The number of rotatable bonds is 10. The van der Waals surface area contributed by atoms with E-state index in [0.717, 1.165) is 46.8 Å². The van der Waals surface area contributed by atoms with Crippen molar-refractivity contribution >= 4 is 19.9 Å². The summed E-state index contributed by atoms with van der Waals surface area (Å²) in [7, 11) is -0.0101. The smallest absolute Gasteiger partial charge is 0.192 e. The Morgan fingerprint density at radius 2 is 1.71 bits per heavy atom. The van der Waals surface area contributed by atoms with Crippen molar-refractivity contribution in [2.75, 3.05) is 7.11 Å². The molecule has 0 radical (unpaired) electrons. The van der Waals surface area contributed by atoms with Crippen molar-refractivity contribution in [3.8, 4) is 5.75 Å². The Labute approximate surface area is 179 Å². The molecule has 0 aromatic heterocycles. The molecular formula is C24H41ClO2Si. The molecule has 1 saturated carbocycles. The van der Waals surface area contributed by atoms with Crippen LogP contribution in [0, 0.1) is 11.3 Å². The van der Waals surface area contributed by atoms with Gasteiger partial charge in [0.15, 0.2) is 8.32 Å². The highest BCUT2D eigenvalue weighted by Gasteiger charge is 2.35. The van der Waals surface area contributed by atoms with Gasteiger partial charge >= 0.3 is 0 Å². The van der Waals surface area contributed by atoms with E-state index in [4.69, 9.17) is 20.8 Å². The summed E-state index contributed by atoms with van der Waals surface area (Å²) in [4.78, 5) is 0. The number of hydrogen-bond acceptors (Lipinski definition) is 2. The van der Waals surface area contributed by atoms with Gasteiger partial charge in [0.25, 0.3) is 0 Å². The quantitative estimate of drug-likeness (QED) is 0.351. The van der Waals surface area contributed by atoms with Crippen LogP contribution in [0.4, 0.5) is 0 Å². The molecule has 0 bridgehead atoms. The van der Waals surface area contributed by atoms with Crippen LogP contribution in [0.5, 0.6) is 5.75 Å². The molecule has 2 nitrogen and oxygen atoms in total. The van der Waals surface area contributed by atoms with E-state index >= 15 is 0 Å². The van der Waals surface area contributed by atoms with E-state index in [2.05, 4.69) is 34.6 Å². The second kappa shape index (κ2) is 10.5. The molecule has 1 aliphatic rings. The van der Waals surface area contributed by atoms with Crippen LogP contribution in [-0.4, -0.2) is 15.4 Å². The fourth-order valence-electron chi connectivity index (χ4n) is 4.71. The summed E-state index contributed by atoms with van der Waals surface area (Å²) in [6, 6.07) is 9.43. The van der Waals surface area contributed by atoms with Crippen molar-refractivity contribution in [1.82, 2.24) is 0 Å². The van der Waals surface area contributed by atoms with Crippen LogP contribution in [0.25, 0.3) is 0 Å². The minimum atomic E-state index is -1.75. The summed E-state index contributed by atoms with van der Waals surface area (Å²) < 4.78 is 12.7. The van der Waals surface area contributed by atoms with Gasteiger partial charge in [0.2, 0.25) is 0 Å². The van der Waals surface area contributed by atoms with E-state index in [1.54, 1.807) is 7.11 Å². The molecule has 0 aliphatic heterocycles. The van der Waals surface area contributed by atoms with Gasteiger partial charge in [0.05, 0.1) is 18.2 Å². The molecule has 1 aliphatic carbocycles. The molecule has 28 heavy (non-hydrogen) atoms. The van der Waals surface area contributed by atoms with Gasteiger partial charge in [-0.2, -0.15) is 0 Å². The lowest BCUT2D eigenvalue weighted by Crippen LogP contribution is -2.37. The maximum atomic E-state index is 7.00. The fraction of sp³-hybridized carbons (Fsp3) is 0.750. The average Bonchev–Trinajstić information content (AvgIpc) is 2.70. The summed E-state index contributed by atoms with van der Waals surface area (Å²) in [5.41, 5.74) is 1.59. The number of hydrogen-bond donors (Lipinski definition) is 0. The summed E-state index contributed by atoms with van der Waals surface area (Å²) in [6.45, 7) is 11.7. The first-order chi connectivity index (χ1) is 13.3. The zero-order chi connectivity index (χ0) is 20.8. The Morgan fingerprint density at radius 1 is 1.11 bits per heavy atom. The van der Waals surface area contributed by atoms with Crippen molar-refractivity contribution in [1.29, 1.82) is 0 Å². The fourth-order valence-corrected chi connectivity index (χ4v) is 7.83. The van der Waals surface area contributed by atoms with E-state index in [1.165, 1.54) is 32.1 Å². The SMILES string of the molecule is CC[Si](CC)(CC)OC(CCC1CCC(C)(C)CC1)c1c(Cl)cccc1OC. The summed E-state index contributed by atoms with van der Waals surface area (Å²) >= 11 is 6.68. The minimum absolute atomic E-state index is 0.0464. The van der Waals surface area contributed by atoms with Crippen LogP contribution in [0.15, 0.2) is 18.2 Å². The largest absolute Gasteiger partial charge is 0.496 e. The van der Waals surface area contributed by atoms with Gasteiger partial charge in [-0.05, 0) is 80.1 Å². The van der Waals surface area contributed by atoms with Crippen molar-refractivity contribution in [2.24, 2.45) is 11.3 Å². The molecule has 1 aromatic carbocycles. The molecule has 0 N–H and O–H groups in total. The molecular weight excluding hydrogens is 384 g/mol. The predicted octanol–water partition coefficient (Wildman–Crippen LogP) is 8.41. The number of benzene rings is 1. The standard InChI is InChI=1S/C24H41ClO2Si/c1-7-28(8-2,9-3)27-22(23-20(25)11-10-12-21(23)26-6)14-13-19-15-17-24(4,5)18-16-19/h10-12,19,22H,7-9,13-18H2,1-6H3. The number of halogens is 1. The lowest BCUT2D eigenvalue weighted by atomic mass is 9.72. The third-order valence-corrected chi connectivity index (χ3v) is 12.2. The monoisotopic (exact) mass is 424 g/mol. The van der Waals surface area contributed by atoms with Crippen LogP contribution in [0.3, 0.4) is 0 Å². The lowest BCUT2D eigenvalue weighted by Gasteiger charge is -2.37. The van der Waals surface area contributed by atoms with E-state index in [0.29, 0.717) is 5.41 Å². The summed E-state index contributed by atoms with van der Waals surface area (Å²) in [5, 5.41) is 0.778. The molecule has 1 unspecified atom stereocenters. The first-order valence-corrected chi connectivity index (χ1v) is 14.2. The van der Waals surface area contributed by atoms with Crippen molar-refractivity contribution in [3.63, 3.8) is 0 Å². The first-order valence-electron chi connectivity index (χ1n) is 11.3. The van der Waals surface area contributed by atoms with E-state index < -0.39 is 8.32 Å². The molecule has 0 amide bonds. The van der Waals surface area contributed by atoms with E-state index in [9.17, 15) is 0 Å². The number of methoxy groups -OCH3 is 1. The van der Waals surface area contributed by atoms with Gasteiger partial charge in [-0.3, -0.25) is 0 Å². The highest BCUT2D eigenvalue weighted by atomic mass is 35.5. The molecule has 2 rings (SSSR count). The predicted molar refractivity (Wildman–Crippen MR) is 124 cm³/mol. The van der Waals surface area contributed by atoms with Gasteiger partial charge in [0, 0.05) is 5.56 Å². The van der Waals surface area contributed by atoms with Gasteiger partial charge in [0.1, 0.15) is 5.75 Å². The minimum Gasteiger partial charge on any atom is -0.496 e. The summed E-state index contributed by atoms with van der Waals surface area (Å²) in [5.74, 6) is 1.68. The highest BCUT2D eigenvalue weighted by Crippen LogP contribution is 2.44. The van der Waals surface area contributed by atoms with Crippen LogP contribution >= 0.6 is 11.6 Å². The zero-order valence-corrected chi connectivity index (χ0v) is 20.7. The van der Waals surface area contributed by atoms with Crippen molar-refractivity contribution in [3.05, 3.63) is 28.8 Å². The third kappa shape index (κ3) is 6.00. The van der Waals surface area contributed by atoms with Crippen molar-refractivity contribution in [2.45, 2.75) is 97.4 Å².